The van der Waals surface area contributed by atoms with Crippen molar-refractivity contribution < 1.29 is 18.3 Å². The number of piperazine rings is 1. The summed E-state index contributed by atoms with van der Waals surface area (Å²) in [4.78, 5) is 14.5. The van der Waals surface area contributed by atoms with Crippen LogP contribution in [0.2, 0.25) is 0 Å². The Bertz CT molecular complexity index is 731. The minimum atomic E-state index is -3.57. The number of nitrogens with one attached hydrogen (secondary N) is 2. The third kappa shape index (κ3) is 4.18. The maximum absolute atomic E-state index is 12.8. The third-order valence-electron chi connectivity index (χ3n) is 4.63. The van der Waals surface area contributed by atoms with Gasteiger partial charge in [-0.3, -0.25) is 4.79 Å². The summed E-state index contributed by atoms with van der Waals surface area (Å²) in [6, 6.07) is 5.84. The maximum Gasteiger partial charge on any atom is 0.243 e. The average Bonchev–Trinajstić information content (AvgIpc) is 3.02. The molecule has 2 aliphatic heterocycles. The predicted molar refractivity (Wildman–Crippen MR) is 93.7 cm³/mol. The molecule has 2 atom stereocenters. The first-order chi connectivity index (χ1) is 11.9. The first kappa shape index (κ1) is 18.3. The van der Waals surface area contributed by atoms with Crippen molar-refractivity contribution in [2.75, 3.05) is 45.1 Å². The highest BCUT2D eigenvalue weighted by Gasteiger charge is 2.29. The van der Waals surface area contributed by atoms with Gasteiger partial charge in [0.15, 0.2) is 0 Å². The number of likely N-dealkylation sites (N-methyl/N-ethyl adjacent to an activating group) is 1. The molecule has 0 radical (unpaired) electrons. The molecule has 1 amide bonds. The van der Waals surface area contributed by atoms with E-state index in [1.807, 2.05) is 7.05 Å². The SMILES string of the molecule is CN1CCN(S(=O)(=O)c2cccc(NC(=O)C3CC(O)CN3)c2)CC1. The van der Waals surface area contributed by atoms with Crippen LogP contribution >= 0.6 is 0 Å². The summed E-state index contributed by atoms with van der Waals surface area (Å²) in [5.41, 5.74) is 0.434. The molecule has 0 aliphatic carbocycles. The van der Waals surface area contributed by atoms with Crippen LogP contribution in [0.1, 0.15) is 6.42 Å². The van der Waals surface area contributed by atoms with Crippen molar-refractivity contribution in [1.29, 1.82) is 0 Å². The number of carbonyl (C=O) groups excluding carboxylic acids is 1. The molecule has 8 nitrogen and oxygen atoms in total. The molecule has 2 heterocycles. The topological polar surface area (TPSA) is 102 Å². The number of hydrogen-bond acceptors (Lipinski definition) is 6. The quantitative estimate of drug-likeness (QED) is 0.649. The molecule has 0 aromatic heterocycles. The number of hydrogen-bond donors (Lipinski definition) is 3. The van der Waals surface area contributed by atoms with Crippen LogP contribution in [-0.4, -0.2) is 80.6 Å². The van der Waals surface area contributed by atoms with Crippen molar-refractivity contribution in [3.63, 3.8) is 0 Å². The molecular formula is C16H24N4O4S. The smallest absolute Gasteiger partial charge is 0.243 e. The number of anilines is 1. The lowest BCUT2D eigenvalue weighted by Crippen LogP contribution is -2.47. The van der Waals surface area contributed by atoms with Gasteiger partial charge in [0.05, 0.1) is 17.0 Å². The number of nitrogens with zero attached hydrogens (tertiary/aromatic N) is 2. The van der Waals surface area contributed by atoms with Gasteiger partial charge in [-0.2, -0.15) is 4.31 Å². The monoisotopic (exact) mass is 368 g/mol. The summed E-state index contributed by atoms with van der Waals surface area (Å²) in [5, 5.41) is 15.2. The fourth-order valence-corrected chi connectivity index (χ4v) is 4.53. The summed E-state index contributed by atoms with van der Waals surface area (Å²) in [6.45, 7) is 2.70. The Kier molecular flexibility index (Phi) is 5.40. The third-order valence-corrected chi connectivity index (χ3v) is 6.52. The molecule has 3 N–H and O–H groups in total. The number of sulfonamides is 1. The lowest BCUT2D eigenvalue weighted by molar-refractivity contribution is -0.117. The maximum atomic E-state index is 12.8. The van der Waals surface area contributed by atoms with E-state index in [9.17, 15) is 18.3 Å². The van der Waals surface area contributed by atoms with E-state index in [2.05, 4.69) is 15.5 Å². The molecular weight excluding hydrogens is 344 g/mol. The minimum absolute atomic E-state index is 0.175. The average molecular weight is 368 g/mol. The molecule has 0 saturated carbocycles. The van der Waals surface area contributed by atoms with Crippen LogP contribution < -0.4 is 10.6 Å². The van der Waals surface area contributed by atoms with Crippen molar-refractivity contribution >= 4 is 21.6 Å². The van der Waals surface area contributed by atoms with Crippen LogP contribution in [0.4, 0.5) is 5.69 Å². The van der Waals surface area contributed by atoms with Crippen molar-refractivity contribution in [3.8, 4) is 0 Å². The molecule has 0 spiro atoms. The Morgan fingerprint density at radius 2 is 2.00 bits per heavy atom. The van der Waals surface area contributed by atoms with E-state index < -0.39 is 22.2 Å². The fourth-order valence-electron chi connectivity index (χ4n) is 3.06. The molecule has 2 unspecified atom stereocenters. The summed E-state index contributed by atoms with van der Waals surface area (Å²) >= 11 is 0. The molecule has 25 heavy (non-hydrogen) atoms. The standard InChI is InChI=1S/C16H24N4O4S/c1-19-5-7-20(8-6-19)25(23,24)14-4-2-3-12(9-14)18-16(22)15-10-13(21)11-17-15/h2-4,9,13,15,17,21H,5-8,10-11H2,1H3,(H,18,22). The van der Waals surface area contributed by atoms with Gasteiger partial charge >= 0.3 is 0 Å². The van der Waals surface area contributed by atoms with Gasteiger partial charge in [-0.1, -0.05) is 6.07 Å². The van der Waals surface area contributed by atoms with Crippen LogP contribution in [0.25, 0.3) is 0 Å². The van der Waals surface area contributed by atoms with Crippen LogP contribution in [0.3, 0.4) is 0 Å². The lowest BCUT2D eigenvalue weighted by Gasteiger charge is -2.31. The predicted octanol–water partition coefficient (Wildman–Crippen LogP) is -0.716. The largest absolute Gasteiger partial charge is 0.392 e. The van der Waals surface area contributed by atoms with Crippen molar-refractivity contribution in [3.05, 3.63) is 24.3 Å². The van der Waals surface area contributed by atoms with Crippen molar-refractivity contribution in [2.24, 2.45) is 0 Å². The van der Waals surface area contributed by atoms with E-state index in [0.29, 0.717) is 44.8 Å². The highest BCUT2D eigenvalue weighted by Crippen LogP contribution is 2.21. The van der Waals surface area contributed by atoms with Gasteiger partial charge in [0.1, 0.15) is 0 Å². The Morgan fingerprint density at radius 1 is 1.28 bits per heavy atom. The number of β-amino-alcohol motifs (C(OH)–C–C–N with tert-alkyl or cyclic N) is 1. The van der Waals surface area contributed by atoms with Crippen LogP contribution in [0.5, 0.6) is 0 Å². The van der Waals surface area contributed by atoms with E-state index in [1.54, 1.807) is 18.2 Å². The van der Waals surface area contributed by atoms with Crippen molar-refractivity contribution in [2.45, 2.75) is 23.5 Å². The Balaban J connectivity index is 1.71. The first-order valence-corrected chi connectivity index (χ1v) is 9.81. The van der Waals surface area contributed by atoms with Crippen molar-refractivity contribution in [1.82, 2.24) is 14.5 Å². The van der Waals surface area contributed by atoms with Crippen LogP contribution in [0.15, 0.2) is 29.2 Å². The Morgan fingerprint density at radius 3 is 2.64 bits per heavy atom. The normalized spacial score (nSPS) is 25.8. The van der Waals surface area contributed by atoms with E-state index >= 15 is 0 Å². The van der Waals surface area contributed by atoms with E-state index in [-0.39, 0.29) is 10.8 Å². The molecule has 1 aromatic rings. The van der Waals surface area contributed by atoms with Gasteiger partial charge in [-0.05, 0) is 31.7 Å². The molecule has 2 saturated heterocycles. The molecule has 2 aliphatic rings. The van der Waals surface area contributed by atoms with Crippen LogP contribution in [0, 0.1) is 0 Å². The lowest BCUT2D eigenvalue weighted by atomic mass is 10.2. The van der Waals surface area contributed by atoms with Gasteiger partial charge in [0.25, 0.3) is 0 Å². The highest BCUT2D eigenvalue weighted by molar-refractivity contribution is 7.89. The van der Waals surface area contributed by atoms with E-state index in [0.717, 1.165) is 0 Å². The minimum Gasteiger partial charge on any atom is -0.392 e. The summed E-state index contributed by atoms with van der Waals surface area (Å²) in [7, 11) is -1.61. The molecule has 138 valence electrons. The number of carbonyl (C=O) groups is 1. The second-order valence-corrected chi connectivity index (χ2v) is 8.51. The number of aliphatic hydroxyl groups is 1. The zero-order valence-corrected chi connectivity index (χ0v) is 15.0. The van der Waals surface area contributed by atoms with Gasteiger partial charge in [-0.25, -0.2) is 8.42 Å². The number of aliphatic hydroxyl groups excluding tert-OH is 1. The van der Waals surface area contributed by atoms with Gasteiger partial charge in [0, 0.05) is 38.4 Å². The first-order valence-electron chi connectivity index (χ1n) is 8.37. The molecule has 9 heteroatoms. The number of benzene rings is 1. The summed E-state index contributed by atoms with van der Waals surface area (Å²) in [5.74, 6) is -0.273. The zero-order valence-electron chi connectivity index (χ0n) is 14.2. The number of amides is 1. The molecule has 3 rings (SSSR count). The highest BCUT2D eigenvalue weighted by atomic mass is 32.2. The zero-order chi connectivity index (χ0) is 18.0. The molecule has 2 fully saturated rings. The Hall–Kier alpha value is -1.52. The van der Waals surface area contributed by atoms with E-state index in [4.69, 9.17) is 0 Å². The molecule has 1 aromatic carbocycles. The Labute approximate surface area is 147 Å². The summed E-state index contributed by atoms with van der Waals surface area (Å²) < 4.78 is 27.0. The number of rotatable bonds is 4. The van der Waals surface area contributed by atoms with Gasteiger partial charge in [-0.15, -0.1) is 0 Å². The van der Waals surface area contributed by atoms with Gasteiger partial charge < -0.3 is 20.6 Å². The van der Waals surface area contributed by atoms with Gasteiger partial charge in [0.2, 0.25) is 15.9 Å². The second-order valence-electron chi connectivity index (χ2n) is 6.57. The fraction of sp³-hybridized carbons (Fsp3) is 0.562. The van der Waals surface area contributed by atoms with Crippen LogP contribution in [-0.2, 0) is 14.8 Å². The molecule has 0 bridgehead atoms. The van der Waals surface area contributed by atoms with E-state index in [1.165, 1.54) is 10.4 Å². The second kappa shape index (κ2) is 7.38. The summed E-state index contributed by atoms with van der Waals surface area (Å²) in [6.07, 6.45) is -0.176.